The lowest BCUT2D eigenvalue weighted by molar-refractivity contribution is 0.0557. The number of alkyl carbamates (subject to hydrolysis) is 1. The number of ether oxygens (including phenoxy) is 3. The maximum atomic E-state index is 12.4. The number of amides is 4. The summed E-state index contributed by atoms with van der Waals surface area (Å²) >= 11 is 0. The number of anilines is 4. The lowest BCUT2D eigenvalue weighted by Gasteiger charge is -2.30. The van der Waals surface area contributed by atoms with E-state index in [1.165, 1.54) is 29.2 Å². The Labute approximate surface area is 421 Å². The number of hydrogen-bond donors (Lipinski definition) is 6. The Bertz CT molecular complexity index is 2710. The summed E-state index contributed by atoms with van der Waals surface area (Å²) in [4.78, 5) is 66.2. The summed E-state index contributed by atoms with van der Waals surface area (Å²) in [6, 6.07) is 11.6. The molecule has 0 aliphatic heterocycles. The van der Waals surface area contributed by atoms with E-state index >= 15 is 0 Å². The first kappa shape index (κ1) is 56.1. The summed E-state index contributed by atoms with van der Waals surface area (Å²) in [6.45, 7) is 17.4. The van der Waals surface area contributed by atoms with E-state index in [4.69, 9.17) is 14.2 Å². The maximum absolute atomic E-state index is 12.4. The minimum Gasteiger partial charge on any atom is -0.465 e. The molecule has 0 saturated heterocycles. The molecule has 0 spiro atoms. The van der Waals surface area contributed by atoms with Gasteiger partial charge >= 0.3 is 24.4 Å². The summed E-state index contributed by atoms with van der Waals surface area (Å²) in [5, 5.41) is 18.4. The van der Waals surface area contributed by atoms with Crippen LogP contribution in [0.5, 0.6) is 0 Å². The van der Waals surface area contributed by atoms with Crippen LogP contribution in [0.15, 0.2) is 83.1 Å². The standard InChI is InChI=1S/2C24H33N5O6S/c1-15(2)29(23(31)32)18-9-6-16(12-18)20-13-26-21(14-25-20)27-17-7-10-19(11-8-17)36(33,34)28-22(30)35-24(3,4)5;1-15(2)27-22(30)34-18-9-6-16(12-18)20-13-26-21(14-25-20)28-17-7-10-19(11-8-17)36(32,33)29-23(31)35-24(3,4)5/h7-8,10-11,13-16,18H,6,9,12H2,1-5H3,(H,26,27)(H,28,30)(H,31,32);7-8,10-11,13-16,18H,6,9,12H2,1-5H3,(H,26,28)(H,27,30)(H,29,31)/t;16-,18+/m.0/s1. The van der Waals surface area contributed by atoms with E-state index in [2.05, 4.69) is 35.9 Å². The van der Waals surface area contributed by atoms with E-state index < -0.39 is 55.6 Å². The first-order valence-electron chi connectivity index (χ1n) is 23.4. The van der Waals surface area contributed by atoms with Gasteiger partial charge in [-0.3, -0.25) is 9.97 Å². The van der Waals surface area contributed by atoms with Crippen molar-refractivity contribution in [3.63, 3.8) is 0 Å². The fourth-order valence-corrected chi connectivity index (χ4v) is 9.65. The third kappa shape index (κ3) is 17.2. The summed E-state index contributed by atoms with van der Waals surface area (Å²) in [6.07, 6.45) is 7.68. The number of carboxylic acid groups (broad SMARTS) is 1. The van der Waals surface area contributed by atoms with Crippen molar-refractivity contribution in [3.8, 4) is 0 Å². The number of aromatic nitrogens is 4. The molecule has 2 heterocycles. The van der Waals surface area contributed by atoms with Gasteiger partial charge in [-0.25, -0.2) is 55.4 Å². The number of sulfonamides is 2. The third-order valence-corrected chi connectivity index (χ3v) is 13.6. The Morgan fingerprint density at radius 2 is 1.04 bits per heavy atom. The third-order valence-electron chi connectivity index (χ3n) is 10.9. The average Bonchev–Trinajstić information content (AvgIpc) is 3.93. The molecule has 22 nitrogen and oxygen atoms in total. The van der Waals surface area contributed by atoms with Gasteiger partial charge in [0.15, 0.2) is 0 Å². The largest absolute Gasteiger partial charge is 0.465 e. The molecule has 2 saturated carbocycles. The SMILES string of the molecule is CC(C)N(C(=O)O)C1CCC(c2cnc(Nc3ccc(S(=O)(=O)NC(=O)OC(C)(C)C)cc3)cn2)C1.CC(C)NC(=O)O[C@@H]1CC[C@H](c2cnc(Nc3ccc(S(=O)(=O)NC(=O)OC(C)(C)C)cc3)cn2)C1. The highest BCUT2D eigenvalue weighted by molar-refractivity contribution is 7.90. The van der Waals surface area contributed by atoms with Crippen LogP contribution in [0.25, 0.3) is 0 Å². The first-order valence-corrected chi connectivity index (χ1v) is 26.4. The number of benzene rings is 2. The van der Waals surface area contributed by atoms with Crippen LogP contribution >= 0.6 is 0 Å². The molecule has 4 aromatic rings. The normalized spacial score (nSPS) is 18.0. The van der Waals surface area contributed by atoms with Gasteiger partial charge in [0, 0.05) is 41.3 Å². The van der Waals surface area contributed by atoms with Crippen molar-refractivity contribution >= 4 is 67.4 Å². The Hall–Kier alpha value is -6.82. The quantitative estimate of drug-likeness (QED) is 0.0644. The molecule has 2 fully saturated rings. The summed E-state index contributed by atoms with van der Waals surface area (Å²) in [5.41, 5.74) is 1.18. The van der Waals surface area contributed by atoms with Crippen molar-refractivity contribution < 1.29 is 55.3 Å². The summed E-state index contributed by atoms with van der Waals surface area (Å²) < 4.78 is 68.9. The average molecular weight is 1040 g/mol. The van der Waals surface area contributed by atoms with Crippen LogP contribution in [0.2, 0.25) is 0 Å². The fraction of sp³-hybridized carbons (Fsp3) is 0.500. The Balaban J connectivity index is 0.000000267. The van der Waals surface area contributed by atoms with Gasteiger partial charge in [0.05, 0.1) is 46.0 Å². The van der Waals surface area contributed by atoms with Gasteiger partial charge in [-0.1, -0.05) is 0 Å². The molecule has 4 atom stereocenters. The van der Waals surface area contributed by atoms with E-state index in [1.54, 1.807) is 90.6 Å². The van der Waals surface area contributed by atoms with Gasteiger partial charge in [0.2, 0.25) is 0 Å². The van der Waals surface area contributed by atoms with Crippen LogP contribution in [0.1, 0.15) is 131 Å². The van der Waals surface area contributed by atoms with E-state index in [1.807, 2.05) is 37.1 Å². The number of rotatable bonds is 14. The molecule has 2 aromatic heterocycles. The zero-order valence-electron chi connectivity index (χ0n) is 42.1. The van der Waals surface area contributed by atoms with Crippen LogP contribution in [0.4, 0.5) is 42.2 Å². The molecule has 2 aliphatic rings. The van der Waals surface area contributed by atoms with Crippen molar-refractivity contribution in [2.75, 3.05) is 10.6 Å². The number of hydrogen-bond acceptors (Lipinski definition) is 17. The molecule has 6 N–H and O–H groups in total. The number of nitrogens with zero attached hydrogens (tertiary/aromatic N) is 5. The molecule has 72 heavy (non-hydrogen) atoms. The van der Waals surface area contributed by atoms with E-state index in [-0.39, 0.29) is 45.9 Å². The Morgan fingerprint density at radius 3 is 1.42 bits per heavy atom. The second-order valence-corrected chi connectivity index (χ2v) is 23.3. The van der Waals surface area contributed by atoms with Crippen molar-refractivity contribution in [2.45, 2.75) is 165 Å². The summed E-state index contributed by atoms with van der Waals surface area (Å²) in [7, 11) is -8.15. The van der Waals surface area contributed by atoms with E-state index in [0.29, 0.717) is 35.9 Å². The van der Waals surface area contributed by atoms with Crippen molar-refractivity contribution in [2.24, 2.45) is 0 Å². The lowest BCUT2D eigenvalue weighted by Crippen LogP contribution is -2.42. The molecule has 2 aliphatic carbocycles. The number of carbonyl (C=O) groups is 4. The van der Waals surface area contributed by atoms with Crippen molar-refractivity contribution in [1.29, 1.82) is 0 Å². The minimum absolute atomic E-state index is 0.0233. The number of carbonyl (C=O) groups excluding carboxylic acids is 3. The predicted molar refractivity (Wildman–Crippen MR) is 267 cm³/mol. The highest BCUT2D eigenvalue weighted by atomic mass is 32.2. The van der Waals surface area contributed by atoms with Crippen LogP contribution in [0.3, 0.4) is 0 Å². The van der Waals surface area contributed by atoms with Crippen LogP contribution < -0.4 is 25.4 Å². The lowest BCUT2D eigenvalue weighted by atomic mass is 10.0. The summed E-state index contributed by atoms with van der Waals surface area (Å²) in [5.74, 6) is 1.26. The maximum Gasteiger partial charge on any atom is 0.421 e. The van der Waals surface area contributed by atoms with Gasteiger partial charge < -0.3 is 40.2 Å². The molecular formula is C48H66N10O12S2. The van der Waals surface area contributed by atoms with E-state index in [0.717, 1.165) is 37.1 Å². The van der Waals surface area contributed by atoms with Gasteiger partial charge in [-0.2, -0.15) is 0 Å². The topological polar surface area (TPSA) is 299 Å². The van der Waals surface area contributed by atoms with Crippen LogP contribution in [-0.2, 0) is 34.3 Å². The molecule has 0 bridgehead atoms. The molecule has 2 aromatic carbocycles. The second kappa shape index (κ2) is 23.6. The Kier molecular flexibility index (Phi) is 18.4. The Morgan fingerprint density at radius 1 is 0.611 bits per heavy atom. The van der Waals surface area contributed by atoms with Crippen LogP contribution in [0, 0.1) is 0 Å². The highest BCUT2D eigenvalue weighted by Gasteiger charge is 2.35. The minimum atomic E-state index is -4.08. The van der Waals surface area contributed by atoms with Gasteiger partial charge in [-0.15, -0.1) is 0 Å². The molecule has 2 unspecified atom stereocenters. The zero-order chi connectivity index (χ0) is 53.2. The molecule has 24 heteroatoms. The first-order chi connectivity index (χ1) is 33.6. The van der Waals surface area contributed by atoms with Gasteiger partial charge in [-0.05, 0) is 156 Å². The van der Waals surface area contributed by atoms with Gasteiger partial charge in [0.1, 0.15) is 28.9 Å². The zero-order valence-corrected chi connectivity index (χ0v) is 43.8. The van der Waals surface area contributed by atoms with E-state index in [9.17, 15) is 41.1 Å². The van der Waals surface area contributed by atoms with Crippen molar-refractivity contribution in [1.82, 2.24) is 39.6 Å². The molecular weight excluding hydrogens is 973 g/mol. The molecule has 6 rings (SSSR count). The van der Waals surface area contributed by atoms with Crippen LogP contribution in [-0.4, -0.2) is 107 Å². The number of nitrogens with one attached hydrogen (secondary N) is 5. The molecule has 4 amide bonds. The van der Waals surface area contributed by atoms with Crippen molar-refractivity contribution in [3.05, 3.63) is 84.7 Å². The predicted octanol–water partition coefficient (Wildman–Crippen LogP) is 8.66. The van der Waals surface area contributed by atoms with Gasteiger partial charge in [0.25, 0.3) is 20.0 Å². The molecule has 0 radical (unpaired) electrons. The smallest absolute Gasteiger partial charge is 0.421 e. The monoisotopic (exact) mass is 1040 g/mol. The highest BCUT2D eigenvalue weighted by Crippen LogP contribution is 2.37. The molecule has 392 valence electrons. The second-order valence-electron chi connectivity index (χ2n) is 20.0. The fourth-order valence-electron chi connectivity index (χ4n) is 7.91.